The zero-order valence-corrected chi connectivity index (χ0v) is 25.8. The van der Waals surface area contributed by atoms with Gasteiger partial charge in [0.15, 0.2) is 0 Å². The van der Waals surface area contributed by atoms with Crippen LogP contribution in [0.25, 0.3) is 11.1 Å². The molecule has 0 radical (unpaired) electrons. The third-order valence-corrected chi connectivity index (χ3v) is 7.72. The van der Waals surface area contributed by atoms with Gasteiger partial charge in [-0.25, -0.2) is 6.08 Å². The van der Waals surface area contributed by atoms with E-state index < -0.39 is 0 Å². The minimum atomic E-state index is 0. The zero-order valence-electron chi connectivity index (χ0n) is 23.4. The summed E-state index contributed by atoms with van der Waals surface area (Å²) >= 11 is 1.46. The average molecular weight is 574 g/mol. The molecule has 0 aliphatic heterocycles. The summed E-state index contributed by atoms with van der Waals surface area (Å²) in [6.45, 7) is 6.67. The molecule has 4 aromatic carbocycles. The Kier molecular flexibility index (Phi) is 12.3. The molecule has 0 amide bonds. The summed E-state index contributed by atoms with van der Waals surface area (Å²) in [6, 6.07) is 39.2. The van der Waals surface area contributed by atoms with E-state index in [0.717, 1.165) is 12.8 Å². The second-order valence-electron chi connectivity index (χ2n) is 9.97. The molecule has 0 N–H and O–H groups in total. The maximum atomic E-state index is 3.30. The van der Waals surface area contributed by atoms with Crippen molar-refractivity contribution < 1.29 is 24.2 Å². The summed E-state index contributed by atoms with van der Waals surface area (Å²) in [5.74, 6) is 0. The van der Waals surface area contributed by atoms with Gasteiger partial charge in [-0.2, -0.15) is 41.5 Å². The van der Waals surface area contributed by atoms with E-state index in [1.807, 2.05) is 6.07 Å². The Morgan fingerprint density at radius 2 is 1.26 bits per heavy atom. The first-order valence-corrected chi connectivity index (χ1v) is 13.7. The van der Waals surface area contributed by atoms with Crippen LogP contribution in [0.4, 0.5) is 0 Å². The predicted molar refractivity (Wildman–Crippen MR) is 162 cm³/mol. The van der Waals surface area contributed by atoms with Crippen LogP contribution in [0.1, 0.15) is 49.4 Å². The van der Waals surface area contributed by atoms with E-state index in [1.54, 1.807) is 0 Å². The van der Waals surface area contributed by atoms with Crippen LogP contribution < -0.4 is 0 Å². The van der Waals surface area contributed by atoms with Crippen molar-refractivity contribution >= 4 is 3.21 Å². The van der Waals surface area contributed by atoms with Crippen molar-refractivity contribution in [3.05, 3.63) is 170 Å². The van der Waals surface area contributed by atoms with E-state index in [2.05, 4.69) is 142 Å². The number of fused-ring (bicyclic) bond motifs is 3. The number of benzene rings is 4. The van der Waals surface area contributed by atoms with Crippen LogP contribution in [-0.2, 0) is 30.7 Å². The Balaban J connectivity index is 0.000000200. The molecule has 0 bridgehead atoms. The molecule has 0 atom stereocenters. The zero-order chi connectivity index (χ0) is 25.4. The second-order valence-corrected chi connectivity index (χ2v) is 11.2. The van der Waals surface area contributed by atoms with Crippen LogP contribution in [0.3, 0.4) is 0 Å². The molecular formula is C37H38Zr-4. The first-order chi connectivity index (χ1) is 17.4. The molecule has 2 aliphatic carbocycles. The Hall–Kier alpha value is -2.89. The molecule has 1 heteroatoms. The van der Waals surface area contributed by atoms with Crippen molar-refractivity contribution in [2.75, 3.05) is 0 Å². The Morgan fingerprint density at radius 1 is 0.711 bits per heavy atom. The van der Waals surface area contributed by atoms with E-state index in [0.29, 0.717) is 5.41 Å². The molecule has 0 saturated carbocycles. The molecule has 0 spiro atoms. The molecule has 6 rings (SSSR count). The average Bonchev–Trinajstić information content (AvgIpc) is 3.59. The largest absolute Gasteiger partial charge is 0.179 e. The molecule has 0 nitrogen and oxygen atoms in total. The van der Waals surface area contributed by atoms with E-state index in [9.17, 15) is 0 Å². The van der Waals surface area contributed by atoms with Gasteiger partial charge in [0.05, 0.1) is 0 Å². The van der Waals surface area contributed by atoms with E-state index in [1.165, 1.54) is 66.4 Å². The molecule has 4 aromatic rings. The maximum Gasteiger partial charge on any atom is -0.0253 e. The fraction of sp³-hybridized carbons (Fsp3) is 0.162. The van der Waals surface area contributed by atoms with Gasteiger partial charge in [-0.15, -0.1) is 12.0 Å². The molecule has 0 fully saturated rings. The van der Waals surface area contributed by atoms with E-state index in [4.69, 9.17) is 0 Å². The smallest absolute Gasteiger partial charge is 0.0253 e. The van der Waals surface area contributed by atoms with Gasteiger partial charge in [0, 0.05) is 0 Å². The van der Waals surface area contributed by atoms with Gasteiger partial charge in [-0.05, 0) is 6.42 Å². The van der Waals surface area contributed by atoms with Gasteiger partial charge in [0.25, 0.3) is 0 Å². The summed E-state index contributed by atoms with van der Waals surface area (Å²) < 4.78 is 1.42. The van der Waals surface area contributed by atoms with Gasteiger partial charge < -0.3 is 14.9 Å². The second kappa shape index (κ2) is 14.9. The topological polar surface area (TPSA) is 0 Å². The predicted octanol–water partition coefficient (Wildman–Crippen LogP) is 9.48. The van der Waals surface area contributed by atoms with Crippen LogP contribution in [-0.4, -0.2) is 3.21 Å². The minimum absolute atomic E-state index is 0. The minimum Gasteiger partial charge on any atom is -0.179 e. The summed E-state index contributed by atoms with van der Waals surface area (Å²) in [6.07, 6.45) is 9.55. The fourth-order valence-electron chi connectivity index (χ4n) is 4.29. The van der Waals surface area contributed by atoms with Crippen LogP contribution >= 0.6 is 0 Å². The van der Waals surface area contributed by atoms with Gasteiger partial charge in [0.1, 0.15) is 0 Å². The van der Waals surface area contributed by atoms with Crippen molar-refractivity contribution in [2.24, 2.45) is 5.41 Å². The molecule has 0 heterocycles. The molecule has 0 saturated heterocycles. The number of allylic oxidation sites excluding steroid dienone is 4. The van der Waals surface area contributed by atoms with Gasteiger partial charge in [0.2, 0.25) is 0 Å². The monoisotopic (exact) mass is 572 g/mol. The van der Waals surface area contributed by atoms with Gasteiger partial charge in [-0.3, -0.25) is 6.08 Å². The molecular weight excluding hydrogens is 536 g/mol. The molecule has 2 aliphatic rings. The standard InChI is InChI=1S/C13H9.C13H10.C9H13.2CH3.Zr/c1-3-7-12-10(5-1)9-11-6-2-4-8-13(11)12;1-3-7-12(8-4-1)11-13-9-5-2-6-10-13;1-9(2,3)8-6-4-5-7-8;;;/h1-5,7-8H,9H2;1-10H;6-7H,4H2,1-3H3;2*1H3;/q-1;;3*-1;. The van der Waals surface area contributed by atoms with Crippen molar-refractivity contribution in [3.8, 4) is 11.1 Å². The number of rotatable bonds is 2. The van der Waals surface area contributed by atoms with Crippen molar-refractivity contribution in [1.82, 2.24) is 0 Å². The molecule has 194 valence electrons. The molecule has 0 aromatic heterocycles. The fourth-order valence-corrected chi connectivity index (χ4v) is 5.11. The number of hydrogen-bond donors (Lipinski definition) is 0. The maximum absolute atomic E-state index is 3.30. The van der Waals surface area contributed by atoms with Crippen LogP contribution in [0.15, 0.2) is 121 Å². The molecule has 38 heavy (non-hydrogen) atoms. The van der Waals surface area contributed by atoms with Gasteiger partial charge >= 0.3 is 99.2 Å². The molecule has 0 unspecified atom stereocenters. The number of hydrogen-bond acceptors (Lipinski definition) is 0. The normalized spacial score (nSPS) is 12.1. The summed E-state index contributed by atoms with van der Waals surface area (Å²) in [5.41, 5.74) is 9.91. The van der Waals surface area contributed by atoms with Crippen LogP contribution in [0, 0.1) is 32.4 Å². The van der Waals surface area contributed by atoms with Crippen molar-refractivity contribution in [1.29, 1.82) is 0 Å². The summed E-state index contributed by atoms with van der Waals surface area (Å²) in [4.78, 5) is 0. The Labute approximate surface area is 246 Å². The van der Waals surface area contributed by atoms with Gasteiger partial charge in [-0.1, -0.05) is 61.6 Å². The van der Waals surface area contributed by atoms with Crippen LogP contribution in [0.5, 0.6) is 0 Å². The Bertz CT molecular complexity index is 1270. The Morgan fingerprint density at radius 3 is 1.79 bits per heavy atom. The SMILES string of the molecule is CC(C)(C)C1=CC[C-]=C1.[CH3-].[CH3-].[Zr]=[C](c1ccccc1)c1ccccc1.[c-]1cccc2c1Cc1ccccc1-2. The first kappa shape index (κ1) is 31.3. The van der Waals surface area contributed by atoms with Crippen molar-refractivity contribution in [3.63, 3.8) is 0 Å². The summed E-state index contributed by atoms with van der Waals surface area (Å²) in [7, 11) is 0. The summed E-state index contributed by atoms with van der Waals surface area (Å²) in [5, 5.41) is 0. The third kappa shape index (κ3) is 8.31. The van der Waals surface area contributed by atoms with E-state index >= 15 is 0 Å². The van der Waals surface area contributed by atoms with E-state index in [-0.39, 0.29) is 14.9 Å². The van der Waals surface area contributed by atoms with Crippen LogP contribution in [0.2, 0.25) is 0 Å². The van der Waals surface area contributed by atoms with Crippen molar-refractivity contribution in [2.45, 2.75) is 33.6 Å². The quantitative estimate of drug-likeness (QED) is 0.185. The third-order valence-electron chi connectivity index (χ3n) is 6.30. The first-order valence-electron chi connectivity index (χ1n) is 12.5.